The Kier molecular flexibility index (Phi) is 5.27. The van der Waals surface area contributed by atoms with E-state index < -0.39 is 5.97 Å². The predicted octanol–water partition coefficient (Wildman–Crippen LogP) is 6.21. The Labute approximate surface area is 219 Å². The number of benzene rings is 3. The van der Waals surface area contributed by atoms with Crippen molar-refractivity contribution in [2.75, 3.05) is 7.11 Å². The van der Waals surface area contributed by atoms with Crippen LogP contribution in [0.4, 0.5) is 0 Å². The molecule has 3 N–H and O–H groups in total. The standard InChI is InChI=1S/C27H20BrN3O4S/c1-35-18-9-4-14(5-10-18)24-23-20(19-12-16(28)6-11-21(19)29-23)13-22-25(32)30(27(36)31(22)24)17-7-2-15(3-8-17)26(33)34/h2-12,24,29,32H,13H2,1H3,(H,33,34). The molecule has 3 heterocycles. The van der Waals surface area contributed by atoms with Crippen LogP contribution in [0.25, 0.3) is 16.6 Å². The quantitative estimate of drug-likeness (QED) is 0.223. The van der Waals surface area contributed by atoms with Gasteiger partial charge in [0.15, 0.2) is 4.77 Å². The molecule has 3 aromatic carbocycles. The van der Waals surface area contributed by atoms with Crippen LogP contribution in [0.3, 0.4) is 0 Å². The van der Waals surface area contributed by atoms with Crippen LogP contribution in [-0.4, -0.2) is 37.4 Å². The highest BCUT2D eigenvalue weighted by molar-refractivity contribution is 9.10. The van der Waals surface area contributed by atoms with Crippen LogP contribution in [0.1, 0.15) is 38.9 Å². The molecule has 0 spiro atoms. The van der Waals surface area contributed by atoms with E-state index in [0.717, 1.165) is 37.9 Å². The zero-order valence-corrected chi connectivity index (χ0v) is 21.4. The van der Waals surface area contributed by atoms with Crippen molar-refractivity contribution >= 4 is 45.0 Å². The van der Waals surface area contributed by atoms with Gasteiger partial charge in [-0.05, 0) is 77.9 Å². The maximum absolute atomic E-state index is 11.4. The fourth-order valence-electron chi connectivity index (χ4n) is 5.03. The molecule has 0 saturated carbocycles. The van der Waals surface area contributed by atoms with Crippen molar-refractivity contribution in [2.45, 2.75) is 12.5 Å². The summed E-state index contributed by atoms with van der Waals surface area (Å²) in [6.45, 7) is 0. The largest absolute Gasteiger partial charge is 0.497 e. The summed E-state index contributed by atoms with van der Waals surface area (Å²) in [7, 11) is 1.63. The summed E-state index contributed by atoms with van der Waals surface area (Å²) < 4.78 is 10.3. The summed E-state index contributed by atoms with van der Waals surface area (Å²) in [5.41, 5.74) is 5.54. The van der Waals surface area contributed by atoms with Gasteiger partial charge in [-0.1, -0.05) is 28.1 Å². The number of rotatable bonds is 4. The Morgan fingerprint density at radius 1 is 1.11 bits per heavy atom. The molecule has 7 nitrogen and oxygen atoms in total. The first-order valence-electron chi connectivity index (χ1n) is 11.2. The number of nitrogens with one attached hydrogen (secondary N) is 1. The van der Waals surface area contributed by atoms with E-state index in [1.165, 1.54) is 12.1 Å². The van der Waals surface area contributed by atoms with Gasteiger partial charge in [0.25, 0.3) is 0 Å². The molecule has 1 aliphatic rings. The number of nitrogens with zero attached hydrogens (tertiary/aromatic N) is 2. The molecule has 9 heteroatoms. The minimum Gasteiger partial charge on any atom is -0.497 e. The maximum Gasteiger partial charge on any atom is 0.335 e. The van der Waals surface area contributed by atoms with Crippen LogP contribution in [0.2, 0.25) is 0 Å². The van der Waals surface area contributed by atoms with E-state index in [0.29, 0.717) is 22.6 Å². The smallest absolute Gasteiger partial charge is 0.335 e. The number of aromatic amines is 1. The molecule has 0 aliphatic carbocycles. The number of hydrogen-bond donors (Lipinski definition) is 3. The Bertz CT molecular complexity index is 1720. The van der Waals surface area contributed by atoms with Crippen LogP contribution in [0, 0.1) is 4.77 Å². The van der Waals surface area contributed by atoms with Gasteiger partial charge in [0, 0.05) is 27.5 Å². The normalized spacial score (nSPS) is 14.4. The number of fused-ring (bicyclic) bond motifs is 4. The van der Waals surface area contributed by atoms with Gasteiger partial charge in [-0.15, -0.1) is 0 Å². The van der Waals surface area contributed by atoms with Gasteiger partial charge in [0.2, 0.25) is 5.88 Å². The number of aromatic hydroxyl groups is 1. The fraction of sp³-hybridized carbons (Fsp3) is 0.111. The number of methoxy groups -OCH3 is 1. The van der Waals surface area contributed by atoms with Gasteiger partial charge in [0.1, 0.15) is 11.8 Å². The molecule has 5 aromatic rings. The van der Waals surface area contributed by atoms with E-state index in [1.807, 2.05) is 41.0 Å². The SMILES string of the molecule is COc1ccc(C2c3[nH]c4ccc(Br)cc4c3Cc3c(O)n(-c4ccc(C(=O)O)cc4)c(=S)n32)cc1. The molecule has 0 saturated heterocycles. The van der Waals surface area contributed by atoms with E-state index in [4.69, 9.17) is 17.0 Å². The molecule has 0 fully saturated rings. The van der Waals surface area contributed by atoms with Gasteiger partial charge in [0.05, 0.1) is 24.1 Å². The number of imidazole rings is 1. The molecule has 0 bridgehead atoms. The van der Waals surface area contributed by atoms with Gasteiger partial charge < -0.3 is 24.5 Å². The number of carboxylic acids is 1. The van der Waals surface area contributed by atoms with Crippen molar-refractivity contribution in [3.63, 3.8) is 0 Å². The lowest BCUT2D eigenvalue weighted by molar-refractivity contribution is 0.0697. The van der Waals surface area contributed by atoms with Crippen LogP contribution >= 0.6 is 28.1 Å². The van der Waals surface area contributed by atoms with Crippen molar-refractivity contribution in [2.24, 2.45) is 0 Å². The second kappa shape index (κ2) is 8.39. The van der Waals surface area contributed by atoms with Gasteiger partial charge >= 0.3 is 5.97 Å². The number of aromatic nitrogens is 3. The molecule has 2 aromatic heterocycles. The van der Waals surface area contributed by atoms with Gasteiger partial charge in [-0.3, -0.25) is 4.57 Å². The molecule has 6 rings (SSSR count). The fourth-order valence-corrected chi connectivity index (χ4v) is 5.80. The van der Waals surface area contributed by atoms with E-state index in [-0.39, 0.29) is 17.5 Å². The van der Waals surface area contributed by atoms with E-state index in [1.54, 1.807) is 23.8 Å². The van der Waals surface area contributed by atoms with E-state index in [2.05, 4.69) is 27.0 Å². The van der Waals surface area contributed by atoms with Gasteiger partial charge in [-0.25, -0.2) is 4.79 Å². The monoisotopic (exact) mass is 561 g/mol. The molecule has 0 radical (unpaired) electrons. The van der Waals surface area contributed by atoms with Crippen molar-refractivity contribution < 1.29 is 19.7 Å². The summed E-state index contributed by atoms with van der Waals surface area (Å²) >= 11 is 9.51. The minimum absolute atomic E-state index is 0.0385. The lowest BCUT2D eigenvalue weighted by atomic mass is 9.93. The lowest BCUT2D eigenvalue weighted by Crippen LogP contribution is -2.21. The number of hydrogen-bond acceptors (Lipinski definition) is 4. The zero-order valence-electron chi connectivity index (χ0n) is 19.0. The third-order valence-corrected chi connectivity index (χ3v) is 7.61. The minimum atomic E-state index is -1.01. The second-order valence-corrected chi connectivity index (χ2v) is 9.95. The van der Waals surface area contributed by atoms with Crippen LogP contribution < -0.4 is 4.74 Å². The highest BCUT2D eigenvalue weighted by atomic mass is 79.9. The summed E-state index contributed by atoms with van der Waals surface area (Å²) in [5.74, 6) is -0.226. The second-order valence-electron chi connectivity index (χ2n) is 8.67. The Morgan fingerprint density at radius 3 is 2.50 bits per heavy atom. The highest BCUT2D eigenvalue weighted by Crippen LogP contribution is 2.44. The van der Waals surface area contributed by atoms with Crippen molar-refractivity contribution in [3.05, 3.63) is 104 Å². The zero-order chi connectivity index (χ0) is 25.1. The number of carbonyl (C=O) groups is 1. The molecule has 1 atom stereocenters. The number of halogens is 1. The Morgan fingerprint density at radius 2 is 1.83 bits per heavy atom. The first kappa shape index (κ1) is 22.6. The van der Waals surface area contributed by atoms with Crippen molar-refractivity contribution in [1.82, 2.24) is 14.1 Å². The van der Waals surface area contributed by atoms with Gasteiger partial charge in [-0.2, -0.15) is 0 Å². The summed E-state index contributed by atoms with van der Waals surface area (Å²) in [4.78, 5) is 14.9. The Hall–Kier alpha value is -3.82. The van der Waals surface area contributed by atoms with Crippen LogP contribution in [0.15, 0.2) is 71.2 Å². The number of carboxylic acid groups (broad SMARTS) is 1. The first-order chi connectivity index (χ1) is 17.4. The third-order valence-electron chi connectivity index (χ3n) is 6.74. The molecule has 0 amide bonds. The maximum atomic E-state index is 11.4. The number of aromatic carboxylic acids is 1. The summed E-state index contributed by atoms with van der Waals surface area (Å²) in [6, 6.07) is 19.9. The molecular weight excluding hydrogens is 542 g/mol. The molecule has 1 unspecified atom stereocenters. The highest BCUT2D eigenvalue weighted by Gasteiger charge is 2.34. The number of ether oxygens (including phenoxy) is 1. The van der Waals surface area contributed by atoms with Crippen LogP contribution in [-0.2, 0) is 6.42 Å². The Balaban J connectivity index is 1.61. The molecule has 1 aliphatic heterocycles. The molecular formula is C27H20BrN3O4S. The van der Waals surface area contributed by atoms with E-state index >= 15 is 0 Å². The molecule has 36 heavy (non-hydrogen) atoms. The summed E-state index contributed by atoms with van der Waals surface area (Å²) in [5, 5.41) is 21.8. The molecule has 180 valence electrons. The van der Waals surface area contributed by atoms with Crippen molar-refractivity contribution in [3.8, 4) is 17.3 Å². The third kappa shape index (κ3) is 3.38. The predicted molar refractivity (Wildman–Crippen MR) is 142 cm³/mol. The first-order valence-corrected chi connectivity index (χ1v) is 12.4. The van der Waals surface area contributed by atoms with Crippen LogP contribution in [0.5, 0.6) is 11.6 Å². The van der Waals surface area contributed by atoms with Crippen molar-refractivity contribution in [1.29, 1.82) is 0 Å². The summed E-state index contributed by atoms with van der Waals surface area (Å²) in [6.07, 6.45) is 0.480. The average molecular weight is 562 g/mol. The van der Waals surface area contributed by atoms with E-state index in [9.17, 15) is 15.0 Å². The average Bonchev–Trinajstić information content (AvgIpc) is 3.37. The lowest BCUT2D eigenvalue weighted by Gasteiger charge is -2.26. The number of H-pyrrole nitrogens is 1. The topological polar surface area (TPSA) is 92.4 Å².